The Labute approximate surface area is 224 Å². The van der Waals surface area contributed by atoms with Crippen LogP contribution >= 0.6 is 0 Å². The third kappa shape index (κ3) is 4.41. The first-order valence-electron chi connectivity index (χ1n) is 13.4. The van der Waals surface area contributed by atoms with Crippen molar-refractivity contribution in [3.63, 3.8) is 0 Å². The molecule has 0 saturated heterocycles. The molecule has 9 nitrogen and oxygen atoms in total. The normalized spacial score (nSPS) is 30.6. The number of nitrogens with two attached hydrogens (primary N) is 1. The van der Waals surface area contributed by atoms with Gasteiger partial charge in [0, 0.05) is 36.5 Å². The molecule has 0 radical (unpaired) electrons. The number of nitrogens with zero attached hydrogens (tertiary/aromatic N) is 4. The molecule has 0 bridgehead atoms. The van der Waals surface area contributed by atoms with Gasteiger partial charge in [0.1, 0.15) is 11.4 Å². The standard InChI is InChI=1S/C29H39N5O4/c1-5-27-18-26(2,35)29(36,23-8-6-7-14-31-23)19-28(27,30)13-11-20-16-21(9-10-22(20)27)37-17-24-32-25(38-33-24)12-15-34(3)4/h6-10,14,16,35-36H,5,11-13,15,17-19,30H2,1-4H3/t26-,27+,28+,29-/m1/s1. The summed E-state index contributed by atoms with van der Waals surface area (Å²) in [4.78, 5) is 10.9. The number of rotatable bonds is 8. The van der Waals surface area contributed by atoms with E-state index in [9.17, 15) is 10.2 Å². The molecule has 0 spiro atoms. The average molecular weight is 522 g/mol. The van der Waals surface area contributed by atoms with Crippen LogP contribution in [-0.4, -0.2) is 62.0 Å². The lowest BCUT2D eigenvalue weighted by Gasteiger charge is -2.63. The molecule has 1 fully saturated rings. The van der Waals surface area contributed by atoms with Gasteiger partial charge in [0.2, 0.25) is 11.7 Å². The summed E-state index contributed by atoms with van der Waals surface area (Å²) in [5.74, 6) is 1.84. The minimum atomic E-state index is -1.54. The van der Waals surface area contributed by atoms with E-state index in [-0.39, 0.29) is 13.0 Å². The maximum Gasteiger partial charge on any atom is 0.228 e. The van der Waals surface area contributed by atoms with Crippen molar-refractivity contribution in [1.29, 1.82) is 0 Å². The quantitative estimate of drug-likeness (QED) is 0.409. The lowest BCUT2D eigenvalue weighted by Crippen LogP contribution is -2.73. The first-order chi connectivity index (χ1) is 18.0. The molecule has 204 valence electrons. The fourth-order valence-electron chi connectivity index (χ4n) is 6.67. The first-order valence-corrected chi connectivity index (χ1v) is 13.4. The Balaban J connectivity index is 1.39. The molecule has 0 amide bonds. The monoisotopic (exact) mass is 521 g/mol. The summed E-state index contributed by atoms with van der Waals surface area (Å²) in [6, 6.07) is 11.5. The molecule has 38 heavy (non-hydrogen) atoms. The zero-order valence-electron chi connectivity index (χ0n) is 22.8. The van der Waals surface area contributed by atoms with Crippen LogP contribution in [0, 0.1) is 0 Å². The Kier molecular flexibility index (Phi) is 6.84. The molecule has 5 rings (SSSR count). The summed E-state index contributed by atoms with van der Waals surface area (Å²) in [5.41, 5.74) is 5.78. The van der Waals surface area contributed by atoms with Crippen LogP contribution in [-0.2, 0) is 30.5 Å². The maximum absolute atomic E-state index is 11.9. The van der Waals surface area contributed by atoms with Crippen LogP contribution in [0.3, 0.4) is 0 Å². The second-order valence-electron chi connectivity index (χ2n) is 11.6. The van der Waals surface area contributed by atoms with Crippen LogP contribution in [0.25, 0.3) is 0 Å². The predicted octanol–water partition coefficient (Wildman–Crippen LogP) is 2.87. The molecule has 2 aliphatic rings. The number of likely N-dealkylation sites (N-methyl/N-ethyl adjacent to an activating group) is 1. The van der Waals surface area contributed by atoms with Gasteiger partial charge in [-0.25, -0.2) is 0 Å². The van der Waals surface area contributed by atoms with Crippen molar-refractivity contribution in [2.45, 2.75) is 81.1 Å². The van der Waals surface area contributed by atoms with Crippen LogP contribution in [0.5, 0.6) is 5.75 Å². The van der Waals surface area contributed by atoms with Crippen LogP contribution in [0.1, 0.15) is 68.1 Å². The van der Waals surface area contributed by atoms with E-state index in [1.807, 2.05) is 26.2 Å². The molecule has 0 unspecified atom stereocenters. The molecule has 1 saturated carbocycles. The van der Waals surface area contributed by atoms with E-state index in [1.165, 1.54) is 0 Å². The van der Waals surface area contributed by atoms with E-state index in [0.717, 1.165) is 36.3 Å². The lowest BCUT2D eigenvalue weighted by atomic mass is 9.46. The van der Waals surface area contributed by atoms with Crippen molar-refractivity contribution < 1.29 is 19.5 Å². The number of pyridine rings is 1. The highest BCUT2D eigenvalue weighted by atomic mass is 16.5. The molecule has 9 heteroatoms. The predicted molar refractivity (Wildman–Crippen MR) is 143 cm³/mol. The van der Waals surface area contributed by atoms with E-state index in [4.69, 9.17) is 15.0 Å². The number of hydrogen-bond donors (Lipinski definition) is 3. The van der Waals surface area contributed by atoms with E-state index in [0.29, 0.717) is 36.7 Å². The van der Waals surface area contributed by atoms with Gasteiger partial charge in [-0.2, -0.15) is 4.98 Å². The van der Waals surface area contributed by atoms with Gasteiger partial charge in [-0.1, -0.05) is 24.2 Å². The zero-order valence-corrected chi connectivity index (χ0v) is 22.8. The number of aromatic nitrogens is 3. The minimum Gasteiger partial charge on any atom is -0.485 e. The molecular formula is C29H39N5O4. The Morgan fingerprint density at radius 3 is 2.68 bits per heavy atom. The van der Waals surface area contributed by atoms with Crippen molar-refractivity contribution in [1.82, 2.24) is 20.0 Å². The number of aryl methyl sites for hydroxylation is 1. The lowest BCUT2D eigenvalue weighted by molar-refractivity contribution is -0.212. The van der Waals surface area contributed by atoms with Gasteiger partial charge >= 0.3 is 0 Å². The van der Waals surface area contributed by atoms with Gasteiger partial charge in [-0.3, -0.25) is 4.98 Å². The topological polar surface area (TPSA) is 131 Å². The first kappa shape index (κ1) is 26.7. The van der Waals surface area contributed by atoms with Gasteiger partial charge in [0.15, 0.2) is 6.61 Å². The molecule has 4 N–H and O–H groups in total. The van der Waals surface area contributed by atoms with Crippen molar-refractivity contribution in [3.8, 4) is 5.75 Å². The van der Waals surface area contributed by atoms with Crippen LogP contribution in [0.15, 0.2) is 47.1 Å². The summed E-state index contributed by atoms with van der Waals surface area (Å²) < 4.78 is 11.4. The third-order valence-electron chi connectivity index (χ3n) is 8.84. The molecule has 2 aromatic heterocycles. The second kappa shape index (κ2) is 9.72. The molecule has 2 heterocycles. The Morgan fingerprint density at radius 1 is 1.16 bits per heavy atom. The summed E-state index contributed by atoms with van der Waals surface area (Å²) >= 11 is 0. The largest absolute Gasteiger partial charge is 0.485 e. The van der Waals surface area contributed by atoms with Crippen LogP contribution < -0.4 is 10.5 Å². The van der Waals surface area contributed by atoms with Gasteiger partial charge in [-0.15, -0.1) is 0 Å². The summed E-state index contributed by atoms with van der Waals surface area (Å²) in [6.45, 7) is 4.88. The third-order valence-corrected chi connectivity index (χ3v) is 8.84. The second-order valence-corrected chi connectivity index (χ2v) is 11.6. The number of fused-ring (bicyclic) bond motifs is 3. The van der Waals surface area contributed by atoms with E-state index in [2.05, 4.69) is 39.1 Å². The molecule has 4 atom stereocenters. The number of hydrogen-bond acceptors (Lipinski definition) is 9. The number of aliphatic hydroxyl groups is 2. The fraction of sp³-hybridized carbons (Fsp3) is 0.552. The molecule has 3 aromatic rings. The highest BCUT2D eigenvalue weighted by Crippen LogP contribution is 2.60. The van der Waals surface area contributed by atoms with Crippen LogP contribution in [0.4, 0.5) is 0 Å². The minimum absolute atomic E-state index is 0.218. The van der Waals surface area contributed by atoms with Gasteiger partial charge in [0.05, 0.1) is 11.3 Å². The van der Waals surface area contributed by atoms with Crippen molar-refractivity contribution >= 4 is 0 Å². The summed E-state index contributed by atoms with van der Waals surface area (Å²) in [5, 5.41) is 27.7. The highest BCUT2D eigenvalue weighted by Gasteiger charge is 2.66. The SMILES string of the molecule is CC[C@@]12C[C@@](C)(O)[C@](O)(c3ccccn3)C[C@@]1(N)CCc1cc(OCc3noc(CCN(C)C)n3)ccc12. The Hall–Kier alpha value is -2.85. The Bertz CT molecular complexity index is 1280. The van der Waals surface area contributed by atoms with E-state index < -0.39 is 22.2 Å². The van der Waals surface area contributed by atoms with E-state index >= 15 is 0 Å². The van der Waals surface area contributed by atoms with E-state index in [1.54, 1.807) is 25.3 Å². The number of ether oxygens (including phenoxy) is 1. The zero-order chi connectivity index (χ0) is 27.2. The van der Waals surface area contributed by atoms with Crippen LogP contribution in [0.2, 0.25) is 0 Å². The van der Waals surface area contributed by atoms with Gasteiger partial charge in [0.25, 0.3) is 0 Å². The molecule has 0 aliphatic heterocycles. The molecule has 2 aliphatic carbocycles. The highest BCUT2D eigenvalue weighted by molar-refractivity contribution is 5.48. The van der Waals surface area contributed by atoms with Gasteiger partial charge < -0.3 is 30.1 Å². The average Bonchev–Trinajstić information content (AvgIpc) is 3.35. The maximum atomic E-state index is 11.9. The van der Waals surface area contributed by atoms with Crippen molar-refractivity contribution in [2.75, 3.05) is 20.6 Å². The van der Waals surface area contributed by atoms with Crippen molar-refractivity contribution in [2.24, 2.45) is 5.73 Å². The van der Waals surface area contributed by atoms with Gasteiger partial charge in [-0.05, 0) is 82.1 Å². The summed E-state index contributed by atoms with van der Waals surface area (Å²) in [7, 11) is 4.01. The van der Waals surface area contributed by atoms with Crippen molar-refractivity contribution in [3.05, 3.63) is 71.1 Å². The summed E-state index contributed by atoms with van der Waals surface area (Å²) in [6.07, 6.45) is 5.06. The molecular weight excluding hydrogens is 482 g/mol. The fourth-order valence-corrected chi connectivity index (χ4v) is 6.67. The Morgan fingerprint density at radius 2 is 1.97 bits per heavy atom. The smallest absolute Gasteiger partial charge is 0.228 e. The number of benzene rings is 1. The molecule has 1 aromatic carbocycles.